The minimum absolute atomic E-state index is 0.0789. The van der Waals surface area contributed by atoms with Crippen molar-refractivity contribution in [2.75, 3.05) is 6.54 Å². The number of allylic oxidation sites excluding steroid dienone is 4. The van der Waals surface area contributed by atoms with Gasteiger partial charge >= 0.3 is 0 Å². The maximum Gasteiger partial charge on any atom is 0.248 e. The van der Waals surface area contributed by atoms with Crippen LogP contribution in [-0.4, -0.2) is 28.0 Å². The number of aromatic amines is 1. The summed E-state index contributed by atoms with van der Waals surface area (Å²) >= 11 is 0. The smallest absolute Gasteiger partial charge is 0.248 e. The van der Waals surface area contributed by atoms with Crippen LogP contribution in [-0.2, 0) is 0 Å². The summed E-state index contributed by atoms with van der Waals surface area (Å²) in [5.41, 5.74) is 2.51. The molecular formula is C20H22N2O3. The van der Waals surface area contributed by atoms with E-state index >= 15 is 0 Å². The van der Waals surface area contributed by atoms with Gasteiger partial charge in [0.15, 0.2) is 5.78 Å². The molecule has 1 aliphatic carbocycles. The van der Waals surface area contributed by atoms with Crippen LogP contribution in [0, 0.1) is 12.3 Å². The van der Waals surface area contributed by atoms with E-state index in [1.807, 2.05) is 13.0 Å². The van der Waals surface area contributed by atoms with Gasteiger partial charge in [0.1, 0.15) is 11.4 Å². The van der Waals surface area contributed by atoms with Crippen molar-refractivity contribution < 1.29 is 9.59 Å². The zero-order chi connectivity index (χ0) is 18.7. The van der Waals surface area contributed by atoms with E-state index in [1.54, 1.807) is 11.8 Å². The summed E-state index contributed by atoms with van der Waals surface area (Å²) in [5.74, 6) is -0.554. The van der Waals surface area contributed by atoms with Gasteiger partial charge in [-0.3, -0.25) is 14.4 Å². The van der Waals surface area contributed by atoms with Crippen LogP contribution in [0.5, 0.6) is 0 Å². The number of Topliss-reactive ketones (excluding diaryl/α,β-unsaturated/α-hetero) is 2. The maximum absolute atomic E-state index is 13.2. The molecule has 25 heavy (non-hydrogen) atoms. The number of pyridine rings is 1. The third-order valence-corrected chi connectivity index (χ3v) is 4.40. The Balaban J connectivity index is 2.28. The molecular weight excluding hydrogens is 316 g/mol. The number of H-pyrrole nitrogens is 1. The number of nitrogens with zero attached hydrogens (tertiary/aromatic N) is 1. The summed E-state index contributed by atoms with van der Waals surface area (Å²) in [5, 5.41) is 0. The third-order valence-electron chi connectivity index (χ3n) is 4.40. The highest BCUT2D eigenvalue weighted by molar-refractivity contribution is 6.28. The van der Waals surface area contributed by atoms with E-state index in [0.717, 1.165) is 5.57 Å². The van der Waals surface area contributed by atoms with Gasteiger partial charge in [-0.1, -0.05) is 27.4 Å². The first kappa shape index (κ1) is 17.1. The molecule has 0 fully saturated rings. The molecule has 1 aromatic rings. The SMILES string of the molecule is C=C1C=C(C)C2=C(C(=O)c3[nH]c(=O)cc(C)c3C2=O)N1CC(C)(C)C. The van der Waals surface area contributed by atoms with Crippen molar-refractivity contribution in [2.24, 2.45) is 5.41 Å². The van der Waals surface area contributed by atoms with Crippen LogP contribution in [0.25, 0.3) is 0 Å². The van der Waals surface area contributed by atoms with Crippen LogP contribution < -0.4 is 5.56 Å². The lowest BCUT2D eigenvalue weighted by molar-refractivity contribution is 0.0936. The Bertz CT molecular complexity index is 952. The zero-order valence-corrected chi connectivity index (χ0v) is 15.2. The number of nitrogens with one attached hydrogen (secondary N) is 1. The van der Waals surface area contributed by atoms with Crippen LogP contribution in [0.3, 0.4) is 0 Å². The Morgan fingerprint density at radius 1 is 1.12 bits per heavy atom. The average Bonchev–Trinajstić information content (AvgIpc) is 2.45. The van der Waals surface area contributed by atoms with Crippen molar-refractivity contribution in [1.29, 1.82) is 0 Å². The van der Waals surface area contributed by atoms with E-state index in [-0.39, 0.29) is 28.2 Å². The fourth-order valence-corrected chi connectivity index (χ4v) is 3.44. The van der Waals surface area contributed by atoms with Crippen molar-refractivity contribution in [1.82, 2.24) is 9.88 Å². The second-order valence-corrected chi connectivity index (χ2v) is 7.91. The van der Waals surface area contributed by atoms with Crippen LogP contribution in [0.4, 0.5) is 0 Å². The first-order chi connectivity index (χ1) is 11.5. The zero-order valence-electron chi connectivity index (χ0n) is 15.2. The van der Waals surface area contributed by atoms with Crippen molar-refractivity contribution in [2.45, 2.75) is 34.6 Å². The Morgan fingerprint density at radius 3 is 2.36 bits per heavy atom. The normalized spacial score (nSPS) is 17.6. The summed E-state index contributed by atoms with van der Waals surface area (Å²) in [6, 6.07) is 1.35. The number of carbonyl (C=O) groups excluding carboxylic acids is 2. The Hall–Kier alpha value is -2.69. The molecule has 0 amide bonds. The molecule has 130 valence electrons. The van der Waals surface area contributed by atoms with E-state index in [1.165, 1.54) is 6.07 Å². The summed E-state index contributed by atoms with van der Waals surface area (Å²) < 4.78 is 0. The van der Waals surface area contributed by atoms with Gasteiger partial charge < -0.3 is 9.88 Å². The highest BCUT2D eigenvalue weighted by Crippen LogP contribution is 2.38. The molecule has 2 aliphatic rings. The second kappa shape index (κ2) is 5.41. The minimum atomic E-state index is -0.384. The predicted octanol–water partition coefficient (Wildman–Crippen LogP) is 3.14. The molecule has 0 atom stereocenters. The fraction of sp³-hybridized carbons (Fsp3) is 0.350. The molecule has 0 bridgehead atoms. The molecule has 5 nitrogen and oxygen atoms in total. The van der Waals surface area contributed by atoms with Gasteiger partial charge in [-0.2, -0.15) is 0 Å². The Morgan fingerprint density at radius 2 is 1.76 bits per heavy atom. The molecule has 1 aliphatic heterocycles. The van der Waals surface area contributed by atoms with E-state index < -0.39 is 0 Å². The first-order valence-electron chi connectivity index (χ1n) is 8.24. The highest BCUT2D eigenvalue weighted by atomic mass is 16.1. The molecule has 0 unspecified atom stereocenters. The average molecular weight is 338 g/mol. The van der Waals surface area contributed by atoms with Gasteiger partial charge in [0, 0.05) is 18.3 Å². The van der Waals surface area contributed by atoms with Crippen molar-refractivity contribution in [3.63, 3.8) is 0 Å². The lowest BCUT2D eigenvalue weighted by atomic mass is 9.81. The van der Waals surface area contributed by atoms with Crippen molar-refractivity contribution >= 4 is 11.6 Å². The molecule has 0 saturated carbocycles. The standard InChI is InChI=1S/C20H22N2O3/c1-10-7-12(3)22(9-20(4,5)6)17-15(10)18(24)14-11(2)8-13(23)21-16(14)19(17)25/h7-8H,3,9H2,1-2,4-6H3,(H,21,23). The molecule has 0 radical (unpaired) electrons. The van der Waals surface area contributed by atoms with Crippen molar-refractivity contribution in [3.05, 3.63) is 68.4 Å². The van der Waals surface area contributed by atoms with Gasteiger partial charge in [0.25, 0.3) is 0 Å². The van der Waals surface area contributed by atoms with E-state index in [9.17, 15) is 14.4 Å². The van der Waals surface area contributed by atoms with E-state index in [4.69, 9.17) is 0 Å². The lowest BCUT2D eigenvalue weighted by Crippen LogP contribution is -2.41. The molecule has 0 saturated heterocycles. The van der Waals surface area contributed by atoms with Gasteiger partial charge in [-0.25, -0.2) is 0 Å². The summed E-state index contributed by atoms with van der Waals surface area (Å²) in [4.78, 5) is 42.5. The minimum Gasteiger partial charge on any atom is -0.338 e. The molecule has 0 spiro atoms. The Labute approximate surface area is 146 Å². The summed E-state index contributed by atoms with van der Waals surface area (Å²) in [6.45, 7) is 14.3. The maximum atomic E-state index is 13.2. The molecule has 1 aromatic heterocycles. The molecule has 2 heterocycles. The molecule has 0 aromatic carbocycles. The topological polar surface area (TPSA) is 70.2 Å². The van der Waals surface area contributed by atoms with E-state index in [2.05, 4.69) is 32.3 Å². The number of fused-ring (bicyclic) bond motifs is 1. The number of aromatic nitrogens is 1. The third kappa shape index (κ3) is 2.69. The van der Waals surface area contributed by atoms with Crippen LogP contribution in [0.15, 0.2) is 46.1 Å². The molecule has 5 heteroatoms. The fourth-order valence-electron chi connectivity index (χ4n) is 3.44. The van der Waals surface area contributed by atoms with Crippen molar-refractivity contribution in [3.8, 4) is 0 Å². The largest absolute Gasteiger partial charge is 0.338 e. The molecule has 3 rings (SSSR count). The van der Waals surface area contributed by atoms with Gasteiger partial charge in [0.05, 0.1) is 11.1 Å². The number of hydrogen-bond acceptors (Lipinski definition) is 4. The quantitative estimate of drug-likeness (QED) is 0.854. The van der Waals surface area contributed by atoms with Gasteiger partial charge in [-0.15, -0.1) is 0 Å². The number of carbonyl (C=O) groups is 2. The number of hydrogen-bond donors (Lipinski definition) is 1. The van der Waals surface area contributed by atoms with Crippen LogP contribution in [0.1, 0.15) is 54.1 Å². The number of ketones is 2. The summed E-state index contributed by atoms with van der Waals surface area (Å²) in [6.07, 6.45) is 1.84. The van der Waals surface area contributed by atoms with Gasteiger partial charge in [-0.05, 0) is 36.5 Å². The summed E-state index contributed by atoms with van der Waals surface area (Å²) in [7, 11) is 0. The number of rotatable bonds is 1. The van der Waals surface area contributed by atoms with Crippen LogP contribution in [0.2, 0.25) is 0 Å². The number of aryl methyl sites for hydroxylation is 1. The van der Waals surface area contributed by atoms with Gasteiger partial charge in [0.2, 0.25) is 11.3 Å². The second-order valence-electron chi connectivity index (χ2n) is 7.91. The Kier molecular flexibility index (Phi) is 3.71. The van der Waals surface area contributed by atoms with E-state index in [0.29, 0.717) is 34.6 Å². The first-order valence-corrected chi connectivity index (χ1v) is 8.24. The van der Waals surface area contributed by atoms with Crippen LogP contribution >= 0.6 is 0 Å². The lowest BCUT2D eigenvalue weighted by Gasteiger charge is -2.38. The monoisotopic (exact) mass is 338 g/mol. The predicted molar refractivity (Wildman–Crippen MR) is 96.5 cm³/mol. The highest BCUT2D eigenvalue weighted by Gasteiger charge is 2.40. The molecule has 1 N–H and O–H groups in total.